The predicted molar refractivity (Wildman–Crippen MR) is 87.7 cm³/mol. The van der Waals surface area contributed by atoms with Gasteiger partial charge >= 0.3 is 17.1 Å². The van der Waals surface area contributed by atoms with Crippen LogP contribution in [0.3, 0.4) is 0 Å². The highest BCUT2D eigenvalue weighted by Gasteiger charge is 2.41. The Hall–Kier alpha value is -3.72. The summed E-state index contributed by atoms with van der Waals surface area (Å²) in [6.45, 7) is 0. The number of hydrazine groups is 2. The number of carbonyl (C=O) groups excluding carboxylic acids is 2. The molecule has 6 N–H and O–H groups in total. The van der Waals surface area contributed by atoms with Crippen LogP contribution in [0, 0.1) is 30.3 Å². The van der Waals surface area contributed by atoms with Gasteiger partial charge < -0.3 is 0 Å². The van der Waals surface area contributed by atoms with Crippen molar-refractivity contribution >= 4 is 28.9 Å². The van der Waals surface area contributed by atoms with Crippen molar-refractivity contribution in [1.29, 1.82) is 0 Å². The van der Waals surface area contributed by atoms with Crippen LogP contribution in [0.2, 0.25) is 0 Å². The molecule has 0 radical (unpaired) electrons. The van der Waals surface area contributed by atoms with E-state index in [2.05, 4.69) is 0 Å². The molecule has 1 unspecified atom stereocenters. The van der Waals surface area contributed by atoms with Crippen LogP contribution < -0.4 is 22.5 Å². The van der Waals surface area contributed by atoms with Crippen molar-refractivity contribution in [3.8, 4) is 0 Å². The summed E-state index contributed by atoms with van der Waals surface area (Å²) in [4.78, 5) is 53.2. The molecule has 15 heteroatoms. The second-order valence-corrected chi connectivity index (χ2v) is 5.16. The molecular weight excluding hydrogens is 370 g/mol. The maximum Gasteiger partial charge on any atom is 0.422 e. The Balaban J connectivity index is 3.52. The molecule has 15 nitrogen and oxygen atoms in total. The molecule has 146 valence electrons. The number of rotatable bonds is 9. The molecule has 0 aromatic heterocycles. The third-order valence-electron chi connectivity index (χ3n) is 3.61. The molecule has 0 aliphatic carbocycles. The highest BCUT2D eigenvalue weighted by Crippen LogP contribution is 2.42. The SMILES string of the molecule is NNC(=O)CCCC(C(=O)NN)c1ccc([N+](=O)[O-])c([N+](=O)[O-])c1[N+](=O)[O-]. The molecule has 1 atom stereocenters. The van der Waals surface area contributed by atoms with Crippen molar-refractivity contribution in [1.82, 2.24) is 10.9 Å². The summed E-state index contributed by atoms with van der Waals surface area (Å²) < 4.78 is 0. The highest BCUT2D eigenvalue weighted by molar-refractivity contribution is 5.86. The van der Waals surface area contributed by atoms with E-state index in [1.54, 1.807) is 5.43 Å². The van der Waals surface area contributed by atoms with Crippen molar-refractivity contribution in [2.24, 2.45) is 11.7 Å². The Morgan fingerprint density at radius 3 is 2.00 bits per heavy atom. The van der Waals surface area contributed by atoms with Gasteiger partial charge in [-0.25, -0.2) is 11.7 Å². The lowest BCUT2D eigenvalue weighted by Crippen LogP contribution is -2.35. The van der Waals surface area contributed by atoms with Gasteiger partial charge in [0.15, 0.2) is 0 Å². The maximum absolute atomic E-state index is 12.0. The molecule has 0 spiro atoms. The van der Waals surface area contributed by atoms with Gasteiger partial charge in [-0.2, -0.15) is 0 Å². The Kier molecular flexibility index (Phi) is 7.19. The molecule has 1 rings (SSSR count). The lowest BCUT2D eigenvalue weighted by molar-refractivity contribution is -0.441. The van der Waals surface area contributed by atoms with E-state index in [1.165, 1.54) is 0 Å². The first-order valence-corrected chi connectivity index (χ1v) is 7.25. The quantitative estimate of drug-likeness (QED) is 0.186. The van der Waals surface area contributed by atoms with E-state index in [9.17, 15) is 39.9 Å². The highest BCUT2D eigenvalue weighted by atomic mass is 16.6. The third-order valence-corrected chi connectivity index (χ3v) is 3.61. The lowest BCUT2D eigenvalue weighted by atomic mass is 9.90. The maximum atomic E-state index is 12.0. The van der Waals surface area contributed by atoms with Crippen LogP contribution in [-0.4, -0.2) is 26.6 Å². The van der Waals surface area contributed by atoms with Crippen molar-refractivity contribution in [3.05, 3.63) is 48.0 Å². The van der Waals surface area contributed by atoms with Gasteiger partial charge in [-0.05, 0) is 18.9 Å². The Bertz CT molecular complexity index is 796. The minimum absolute atomic E-state index is 0.0308. The van der Waals surface area contributed by atoms with Crippen LogP contribution >= 0.6 is 0 Å². The molecule has 0 saturated heterocycles. The van der Waals surface area contributed by atoms with Crippen molar-refractivity contribution < 1.29 is 24.4 Å². The minimum Gasteiger partial charge on any atom is -0.294 e. The molecule has 1 aromatic carbocycles. The fourth-order valence-electron chi connectivity index (χ4n) is 2.45. The number of nitrogens with two attached hydrogens (primary N) is 2. The fourth-order valence-corrected chi connectivity index (χ4v) is 2.45. The second-order valence-electron chi connectivity index (χ2n) is 5.16. The zero-order valence-corrected chi connectivity index (χ0v) is 13.6. The number of nitro groups is 3. The van der Waals surface area contributed by atoms with Gasteiger partial charge in [0.25, 0.3) is 0 Å². The van der Waals surface area contributed by atoms with Gasteiger partial charge in [-0.1, -0.05) is 0 Å². The first kappa shape index (κ1) is 21.3. The van der Waals surface area contributed by atoms with E-state index in [4.69, 9.17) is 11.7 Å². The first-order chi connectivity index (χ1) is 12.6. The molecule has 0 heterocycles. The first-order valence-electron chi connectivity index (χ1n) is 7.25. The summed E-state index contributed by atoms with van der Waals surface area (Å²) in [6.07, 6.45) is -0.261. The predicted octanol–water partition coefficient (Wildman–Crippen LogP) is -0.355. The number of nitro benzene ring substituents is 3. The molecular formula is C12H15N7O8. The average molecular weight is 385 g/mol. The summed E-state index contributed by atoms with van der Waals surface area (Å²) in [5.41, 5.74) is -0.432. The molecule has 27 heavy (non-hydrogen) atoms. The van der Waals surface area contributed by atoms with Gasteiger partial charge in [-0.15, -0.1) is 0 Å². The van der Waals surface area contributed by atoms with Gasteiger partial charge in [-0.3, -0.25) is 50.8 Å². The largest absolute Gasteiger partial charge is 0.422 e. The average Bonchev–Trinajstić information content (AvgIpc) is 2.62. The number of carbonyl (C=O) groups is 2. The molecule has 2 amide bonds. The van der Waals surface area contributed by atoms with Crippen LogP contribution in [0.15, 0.2) is 12.1 Å². The number of benzene rings is 1. The number of hydrogen-bond acceptors (Lipinski definition) is 10. The zero-order chi connectivity index (χ0) is 20.7. The van der Waals surface area contributed by atoms with E-state index in [1.807, 2.05) is 5.43 Å². The van der Waals surface area contributed by atoms with Crippen LogP contribution in [0.5, 0.6) is 0 Å². The normalized spacial score (nSPS) is 11.3. The molecule has 0 bridgehead atoms. The Morgan fingerprint density at radius 1 is 0.963 bits per heavy atom. The van der Waals surface area contributed by atoms with E-state index in [-0.39, 0.29) is 19.3 Å². The topological polar surface area (TPSA) is 240 Å². The Morgan fingerprint density at radius 2 is 1.56 bits per heavy atom. The van der Waals surface area contributed by atoms with Crippen molar-refractivity contribution in [3.63, 3.8) is 0 Å². The van der Waals surface area contributed by atoms with Gasteiger partial charge in [0.2, 0.25) is 11.8 Å². The molecule has 0 aliphatic rings. The fraction of sp³-hybridized carbons (Fsp3) is 0.333. The lowest BCUT2D eigenvalue weighted by Gasteiger charge is -2.15. The number of nitrogens with one attached hydrogen (secondary N) is 2. The van der Waals surface area contributed by atoms with Gasteiger partial charge in [0.1, 0.15) is 0 Å². The zero-order valence-electron chi connectivity index (χ0n) is 13.6. The molecule has 0 aliphatic heterocycles. The van der Waals surface area contributed by atoms with Crippen LogP contribution in [0.4, 0.5) is 17.1 Å². The monoisotopic (exact) mass is 385 g/mol. The number of nitrogens with zero attached hydrogens (tertiary/aromatic N) is 3. The van der Waals surface area contributed by atoms with Crippen LogP contribution in [0.1, 0.15) is 30.7 Å². The smallest absolute Gasteiger partial charge is 0.294 e. The van der Waals surface area contributed by atoms with Crippen molar-refractivity contribution in [2.45, 2.75) is 25.2 Å². The summed E-state index contributed by atoms with van der Waals surface area (Å²) in [5.74, 6) is 7.13. The standard InChI is InChI=1S/C12H15N7O8/c13-15-9(20)3-1-2-7(12(21)16-14)6-4-5-8(17(22)23)11(19(26)27)10(6)18(24)25/h4-5,7H,1-3,13-14H2,(H,15,20)(H,16,21). The Labute approximate surface area is 150 Å². The molecule has 1 aromatic rings. The second kappa shape index (κ2) is 9.11. The minimum atomic E-state index is -1.36. The van der Waals surface area contributed by atoms with Crippen molar-refractivity contribution in [2.75, 3.05) is 0 Å². The molecule has 0 saturated carbocycles. The van der Waals surface area contributed by atoms with E-state index < -0.39 is 55.1 Å². The molecule has 0 fully saturated rings. The van der Waals surface area contributed by atoms with E-state index in [0.29, 0.717) is 6.07 Å². The summed E-state index contributed by atoms with van der Waals surface area (Å²) >= 11 is 0. The van der Waals surface area contributed by atoms with Gasteiger partial charge in [0.05, 0.1) is 26.3 Å². The summed E-state index contributed by atoms with van der Waals surface area (Å²) in [5, 5.41) is 33.6. The third kappa shape index (κ3) is 4.89. The van der Waals surface area contributed by atoms with Crippen LogP contribution in [0.25, 0.3) is 0 Å². The summed E-state index contributed by atoms with van der Waals surface area (Å²) in [7, 11) is 0. The number of hydrogen-bond donors (Lipinski definition) is 4. The van der Waals surface area contributed by atoms with E-state index >= 15 is 0 Å². The number of amides is 2. The summed E-state index contributed by atoms with van der Waals surface area (Å²) in [6, 6.07) is 1.58. The van der Waals surface area contributed by atoms with Crippen LogP contribution in [-0.2, 0) is 9.59 Å². The van der Waals surface area contributed by atoms with E-state index in [0.717, 1.165) is 6.07 Å². The van der Waals surface area contributed by atoms with Gasteiger partial charge in [0, 0.05) is 12.5 Å².